The summed E-state index contributed by atoms with van der Waals surface area (Å²) in [4.78, 5) is 0. The van der Waals surface area contributed by atoms with Crippen LogP contribution in [0.5, 0.6) is 0 Å². The molecule has 2 aromatic rings. The molecule has 0 amide bonds. The summed E-state index contributed by atoms with van der Waals surface area (Å²) >= 11 is 0.998. The van der Waals surface area contributed by atoms with Gasteiger partial charge in [0.05, 0.1) is 11.6 Å². The Kier molecular flexibility index (Phi) is 1.67. The number of nitrogens with two attached hydrogens (primary N) is 1. The fraction of sp³-hybridized carbons (Fsp3) is 0. The van der Waals surface area contributed by atoms with Crippen molar-refractivity contribution in [3.8, 4) is 6.07 Å². The molecule has 0 aliphatic carbocycles. The third-order valence-corrected chi connectivity index (χ3v) is 2.62. The van der Waals surface area contributed by atoms with E-state index in [0.717, 1.165) is 11.3 Å². The van der Waals surface area contributed by atoms with Crippen molar-refractivity contribution >= 4 is 27.1 Å². The molecule has 0 aliphatic rings. The first-order valence-electron chi connectivity index (χ1n) is 3.59. The van der Waals surface area contributed by atoms with E-state index in [-0.39, 0.29) is 5.13 Å². The summed E-state index contributed by atoms with van der Waals surface area (Å²) in [5.41, 5.74) is 6.46. The van der Waals surface area contributed by atoms with Crippen LogP contribution in [0, 0.1) is 16.5 Å². The van der Waals surface area contributed by atoms with E-state index in [9.17, 15) is 4.39 Å². The largest absolute Gasteiger partial charge is 0.399 e. The van der Waals surface area contributed by atoms with Crippen molar-refractivity contribution in [1.82, 2.24) is 0 Å². The van der Waals surface area contributed by atoms with E-state index in [0.29, 0.717) is 21.3 Å². The maximum absolute atomic E-state index is 12.8. The SMILES string of the molecule is N#Cc1cc(N)cc2sc(F)cc12. The Morgan fingerprint density at radius 1 is 1.38 bits per heavy atom. The number of hydrogen-bond donors (Lipinski definition) is 1. The lowest BCUT2D eigenvalue weighted by atomic mass is 10.1. The maximum Gasteiger partial charge on any atom is 0.177 e. The zero-order chi connectivity index (χ0) is 9.42. The molecule has 1 heterocycles. The minimum atomic E-state index is -0.294. The predicted molar refractivity (Wildman–Crippen MR) is 50.9 cm³/mol. The number of nitrogen functional groups attached to an aromatic ring is 1. The smallest absolute Gasteiger partial charge is 0.177 e. The lowest BCUT2D eigenvalue weighted by Gasteiger charge is -1.95. The van der Waals surface area contributed by atoms with Crippen LogP contribution in [0.2, 0.25) is 0 Å². The highest BCUT2D eigenvalue weighted by molar-refractivity contribution is 7.17. The number of rotatable bonds is 0. The van der Waals surface area contributed by atoms with E-state index >= 15 is 0 Å². The average Bonchev–Trinajstić information content (AvgIpc) is 2.43. The summed E-state index contributed by atoms with van der Waals surface area (Å²) in [6.45, 7) is 0. The van der Waals surface area contributed by atoms with Gasteiger partial charge in [0, 0.05) is 15.8 Å². The number of halogens is 1. The predicted octanol–water partition coefficient (Wildman–Crippen LogP) is 2.49. The molecule has 0 bridgehead atoms. The topological polar surface area (TPSA) is 49.8 Å². The van der Waals surface area contributed by atoms with Crippen LogP contribution in [-0.2, 0) is 0 Å². The number of fused-ring (bicyclic) bond motifs is 1. The number of hydrogen-bond acceptors (Lipinski definition) is 3. The fourth-order valence-corrected chi connectivity index (χ4v) is 2.08. The summed E-state index contributed by atoms with van der Waals surface area (Å²) in [5.74, 6) is 0. The van der Waals surface area contributed by atoms with Gasteiger partial charge in [-0.2, -0.15) is 9.65 Å². The molecule has 0 fully saturated rings. The van der Waals surface area contributed by atoms with E-state index in [1.807, 2.05) is 6.07 Å². The van der Waals surface area contributed by atoms with Crippen molar-refractivity contribution in [2.45, 2.75) is 0 Å². The van der Waals surface area contributed by atoms with Crippen LogP contribution >= 0.6 is 11.3 Å². The monoisotopic (exact) mass is 192 g/mol. The first kappa shape index (κ1) is 8.02. The zero-order valence-electron chi connectivity index (χ0n) is 6.54. The van der Waals surface area contributed by atoms with E-state index in [2.05, 4.69) is 0 Å². The third kappa shape index (κ3) is 1.23. The second-order valence-corrected chi connectivity index (χ2v) is 3.68. The van der Waals surface area contributed by atoms with Gasteiger partial charge in [0.1, 0.15) is 0 Å². The summed E-state index contributed by atoms with van der Waals surface area (Å²) in [6.07, 6.45) is 0. The number of nitrogens with zero attached hydrogens (tertiary/aromatic N) is 1. The molecule has 0 saturated heterocycles. The second-order valence-electron chi connectivity index (χ2n) is 2.64. The number of benzene rings is 1. The van der Waals surface area contributed by atoms with E-state index < -0.39 is 0 Å². The number of anilines is 1. The molecular weight excluding hydrogens is 187 g/mol. The molecule has 0 saturated carbocycles. The minimum Gasteiger partial charge on any atom is -0.399 e. The maximum atomic E-state index is 12.8. The molecule has 4 heteroatoms. The first-order chi connectivity index (χ1) is 6.20. The summed E-state index contributed by atoms with van der Waals surface area (Å²) in [7, 11) is 0. The highest BCUT2D eigenvalue weighted by atomic mass is 32.1. The molecule has 0 unspecified atom stereocenters. The van der Waals surface area contributed by atoms with Crippen molar-refractivity contribution in [2.24, 2.45) is 0 Å². The number of thiophene rings is 1. The van der Waals surface area contributed by atoms with Crippen LogP contribution in [0.15, 0.2) is 18.2 Å². The van der Waals surface area contributed by atoms with E-state index in [4.69, 9.17) is 11.0 Å². The molecular formula is C9H5FN2S. The van der Waals surface area contributed by atoms with Gasteiger partial charge < -0.3 is 5.73 Å². The van der Waals surface area contributed by atoms with Gasteiger partial charge in [0.2, 0.25) is 0 Å². The Morgan fingerprint density at radius 2 is 2.15 bits per heavy atom. The van der Waals surface area contributed by atoms with Crippen LogP contribution in [0.4, 0.5) is 10.1 Å². The summed E-state index contributed by atoms with van der Waals surface area (Å²) in [5, 5.41) is 9.09. The highest BCUT2D eigenvalue weighted by Crippen LogP contribution is 2.29. The molecule has 64 valence electrons. The normalized spacial score (nSPS) is 10.2. The standard InChI is InChI=1S/C9H5FN2S/c10-9-3-7-5(4-11)1-6(12)2-8(7)13-9/h1-3H,12H2. The van der Waals surface area contributed by atoms with Gasteiger partial charge >= 0.3 is 0 Å². The molecule has 2 nitrogen and oxygen atoms in total. The van der Waals surface area contributed by atoms with Crippen molar-refractivity contribution in [3.63, 3.8) is 0 Å². The van der Waals surface area contributed by atoms with Gasteiger partial charge in [0.15, 0.2) is 5.13 Å². The van der Waals surface area contributed by atoms with Crippen LogP contribution in [-0.4, -0.2) is 0 Å². The Bertz CT molecular complexity index is 510. The Labute approximate surface area is 78.0 Å². The summed E-state index contributed by atoms with van der Waals surface area (Å²) in [6, 6.07) is 6.56. The minimum absolute atomic E-state index is 0.294. The van der Waals surface area contributed by atoms with Crippen molar-refractivity contribution in [1.29, 1.82) is 5.26 Å². The van der Waals surface area contributed by atoms with Gasteiger partial charge in [-0.1, -0.05) is 0 Å². The Balaban J connectivity index is 2.90. The van der Waals surface area contributed by atoms with E-state index in [1.54, 1.807) is 12.1 Å². The third-order valence-electron chi connectivity index (χ3n) is 1.75. The fourth-order valence-electron chi connectivity index (χ4n) is 1.22. The molecule has 0 radical (unpaired) electrons. The van der Waals surface area contributed by atoms with Crippen molar-refractivity contribution in [2.75, 3.05) is 5.73 Å². The Hall–Kier alpha value is -1.60. The van der Waals surface area contributed by atoms with Gasteiger partial charge in [-0.25, -0.2) is 0 Å². The van der Waals surface area contributed by atoms with Crippen LogP contribution in [0.3, 0.4) is 0 Å². The molecule has 1 aromatic heterocycles. The Morgan fingerprint density at radius 3 is 2.85 bits per heavy atom. The van der Waals surface area contributed by atoms with Crippen LogP contribution in [0.1, 0.15) is 5.56 Å². The average molecular weight is 192 g/mol. The highest BCUT2D eigenvalue weighted by Gasteiger charge is 2.06. The van der Waals surface area contributed by atoms with Gasteiger partial charge in [-0.05, 0) is 18.2 Å². The molecule has 1 aromatic carbocycles. The van der Waals surface area contributed by atoms with Crippen molar-refractivity contribution in [3.05, 3.63) is 28.9 Å². The zero-order valence-corrected chi connectivity index (χ0v) is 7.36. The molecule has 0 spiro atoms. The first-order valence-corrected chi connectivity index (χ1v) is 4.41. The van der Waals surface area contributed by atoms with Crippen LogP contribution in [0.25, 0.3) is 10.1 Å². The molecule has 2 rings (SSSR count). The quantitative estimate of drug-likeness (QED) is 0.652. The number of nitriles is 1. The lowest BCUT2D eigenvalue weighted by molar-refractivity contribution is 0.658. The summed E-state index contributed by atoms with van der Waals surface area (Å²) < 4.78 is 13.6. The molecule has 0 aliphatic heterocycles. The lowest BCUT2D eigenvalue weighted by Crippen LogP contribution is -1.85. The molecule has 0 atom stereocenters. The van der Waals surface area contributed by atoms with Gasteiger partial charge in [-0.15, -0.1) is 11.3 Å². The molecule has 13 heavy (non-hydrogen) atoms. The van der Waals surface area contributed by atoms with Crippen molar-refractivity contribution < 1.29 is 4.39 Å². The van der Waals surface area contributed by atoms with E-state index in [1.165, 1.54) is 6.07 Å². The second kappa shape index (κ2) is 2.71. The van der Waals surface area contributed by atoms with Gasteiger partial charge in [0.25, 0.3) is 0 Å². The van der Waals surface area contributed by atoms with Gasteiger partial charge in [-0.3, -0.25) is 0 Å². The molecule has 2 N–H and O–H groups in total. The van der Waals surface area contributed by atoms with Crippen LogP contribution < -0.4 is 5.73 Å².